The molecule has 0 unspecified atom stereocenters. The van der Waals surface area contributed by atoms with Crippen molar-refractivity contribution in [2.24, 2.45) is 5.92 Å². The summed E-state index contributed by atoms with van der Waals surface area (Å²) in [5.41, 5.74) is 4.25. The highest BCUT2D eigenvalue weighted by atomic mass is 16.5. The van der Waals surface area contributed by atoms with Crippen molar-refractivity contribution in [3.63, 3.8) is 0 Å². The number of rotatable bonds is 10. The maximum absolute atomic E-state index is 11.9. The molecular weight excluding hydrogens is 356 g/mol. The minimum atomic E-state index is -0.879. The summed E-state index contributed by atoms with van der Waals surface area (Å²) in [6.45, 7) is 3.20. The molecule has 0 atom stereocenters. The zero-order valence-electron chi connectivity index (χ0n) is 16.3. The summed E-state index contributed by atoms with van der Waals surface area (Å²) in [5.74, 6) is 0.406. The van der Waals surface area contributed by atoms with Crippen LogP contribution in [0.15, 0.2) is 30.5 Å². The van der Waals surface area contributed by atoms with Crippen LogP contribution in [0, 0.1) is 12.8 Å². The SMILES string of the molecule is COc1ccc(CC(=O)O)cc1-c1ncc(C)cc1CNCCC(=O)C1CC1. The van der Waals surface area contributed by atoms with Crippen molar-refractivity contribution in [2.75, 3.05) is 13.7 Å². The summed E-state index contributed by atoms with van der Waals surface area (Å²) >= 11 is 0. The predicted octanol–water partition coefficient (Wildman–Crippen LogP) is 3.15. The second-order valence-corrected chi connectivity index (χ2v) is 7.29. The number of Topliss-reactive ketones (excluding diaryl/α,β-unsaturated/α-hetero) is 1. The molecule has 2 N–H and O–H groups in total. The number of methoxy groups -OCH3 is 1. The van der Waals surface area contributed by atoms with Crippen molar-refractivity contribution in [1.29, 1.82) is 0 Å². The topological polar surface area (TPSA) is 88.5 Å². The Bertz CT molecular complexity index is 875. The minimum absolute atomic E-state index is 0.0558. The zero-order valence-corrected chi connectivity index (χ0v) is 16.3. The lowest BCUT2D eigenvalue weighted by Gasteiger charge is -2.15. The molecule has 1 aliphatic rings. The lowest BCUT2D eigenvalue weighted by Crippen LogP contribution is -2.19. The molecule has 28 heavy (non-hydrogen) atoms. The van der Waals surface area contributed by atoms with Gasteiger partial charge >= 0.3 is 5.97 Å². The minimum Gasteiger partial charge on any atom is -0.496 e. The Morgan fingerprint density at radius 3 is 2.75 bits per heavy atom. The van der Waals surface area contributed by atoms with Gasteiger partial charge in [0.05, 0.1) is 19.2 Å². The standard InChI is InChI=1S/C22H26N2O4/c1-14-9-17(13-23-8-7-19(25)16-4-5-16)22(24-12-14)18-10-15(11-21(26)27)3-6-20(18)28-2/h3,6,9-10,12,16,23H,4-5,7-8,11,13H2,1-2H3,(H,26,27). The van der Waals surface area contributed by atoms with Gasteiger partial charge in [0.2, 0.25) is 0 Å². The number of benzene rings is 1. The van der Waals surface area contributed by atoms with E-state index < -0.39 is 5.97 Å². The number of nitrogens with one attached hydrogen (secondary N) is 1. The largest absolute Gasteiger partial charge is 0.496 e. The molecule has 1 fully saturated rings. The molecular formula is C22H26N2O4. The van der Waals surface area contributed by atoms with Gasteiger partial charge in [-0.05, 0) is 48.6 Å². The van der Waals surface area contributed by atoms with E-state index >= 15 is 0 Å². The molecule has 1 aromatic heterocycles. The summed E-state index contributed by atoms with van der Waals surface area (Å²) in [6, 6.07) is 7.42. The van der Waals surface area contributed by atoms with Crippen molar-refractivity contribution in [3.8, 4) is 17.0 Å². The van der Waals surface area contributed by atoms with E-state index in [4.69, 9.17) is 9.84 Å². The quantitative estimate of drug-likeness (QED) is 0.614. The summed E-state index contributed by atoms with van der Waals surface area (Å²) in [6.07, 6.45) is 4.36. The first-order chi connectivity index (χ1) is 13.5. The van der Waals surface area contributed by atoms with Gasteiger partial charge in [-0.25, -0.2) is 0 Å². The Kier molecular flexibility index (Phi) is 6.41. The fourth-order valence-corrected chi connectivity index (χ4v) is 3.28. The van der Waals surface area contributed by atoms with Crippen LogP contribution >= 0.6 is 0 Å². The third-order valence-electron chi connectivity index (χ3n) is 4.87. The molecule has 0 amide bonds. The van der Waals surface area contributed by atoms with Crippen LogP contribution in [0.3, 0.4) is 0 Å². The number of pyridine rings is 1. The number of carboxylic acid groups (broad SMARTS) is 1. The van der Waals surface area contributed by atoms with Crippen LogP contribution in [-0.4, -0.2) is 35.5 Å². The normalized spacial score (nSPS) is 13.4. The van der Waals surface area contributed by atoms with E-state index in [1.165, 1.54) is 0 Å². The number of carbonyl (C=O) groups is 2. The second-order valence-electron chi connectivity index (χ2n) is 7.29. The average molecular weight is 382 g/mol. The molecule has 148 valence electrons. The fraction of sp³-hybridized carbons (Fsp3) is 0.409. The van der Waals surface area contributed by atoms with E-state index in [2.05, 4.69) is 16.4 Å². The van der Waals surface area contributed by atoms with Gasteiger partial charge in [0.25, 0.3) is 0 Å². The third-order valence-corrected chi connectivity index (χ3v) is 4.87. The monoisotopic (exact) mass is 382 g/mol. The number of carboxylic acids is 1. The van der Waals surface area contributed by atoms with Crippen molar-refractivity contribution < 1.29 is 19.4 Å². The van der Waals surface area contributed by atoms with Crippen LogP contribution in [-0.2, 0) is 22.6 Å². The average Bonchev–Trinajstić information content (AvgIpc) is 3.50. The first kappa shape index (κ1) is 20.0. The first-order valence-electron chi connectivity index (χ1n) is 9.56. The maximum atomic E-state index is 11.9. The highest BCUT2D eigenvalue weighted by Gasteiger charge is 2.28. The number of hydrogen-bond donors (Lipinski definition) is 2. The van der Waals surface area contributed by atoms with Crippen LogP contribution in [0.2, 0.25) is 0 Å². The number of aromatic nitrogens is 1. The number of nitrogens with zero attached hydrogens (tertiary/aromatic N) is 1. The second kappa shape index (κ2) is 8.97. The molecule has 1 saturated carbocycles. The Morgan fingerprint density at radius 1 is 1.29 bits per heavy atom. The van der Waals surface area contributed by atoms with Crippen LogP contribution < -0.4 is 10.1 Å². The summed E-state index contributed by atoms with van der Waals surface area (Å²) in [4.78, 5) is 27.5. The highest BCUT2D eigenvalue weighted by Crippen LogP contribution is 2.33. The van der Waals surface area contributed by atoms with Crippen LogP contribution in [0.4, 0.5) is 0 Å². The molecule has 0 aliphatic heterocycles. The summed E-state index contributed by atoms with van der Waals surface area (Å²) in [7, 11) is 1.59. The maximum Gasteiger partial charge on any atom is 0.307 e. The molecule has 0 bridgehead atoms. The van der Waals surface area contributed by atoms with Gasteiger partial charge in [0.1, 0.15) is 11.5 Å². The van der Waals surface area contributed by atoms with Gasteiger partial charge < -0.3 is 15.2 Å². The Hall–Kier alpha value is -2.73. The molecule has 1 aliphatic carbocycles. The lowest BCUT2D eigenvalue weighted by molar-refractivity contribution is -0.136. The van der Waals surface area contributed by atoms with Gasteiger partial charge in [0, 0.05) is 37.2 Å². The predicted molar refractivity (Wildman–Crippen MR) is 106 cm³/mol. The van der Waals surface area contributed by atoms with Gasteiger partial charge in [-0.2, -0.15) is 0 Å². The van der Waals surface area contributed by atoms with Crippen LogP contribution in [0.5, 0.6) is 5.75 Å². The molecule has 0 saturated heterocycles. The Balaban J connectivity index is 1.80. The molecule has 6 heteroatoms. The molecule has 3 rings (SSSR count). The van der Waals surface area contributed by atoms with Crippen molar-refractivity contribution in [2.45, 2.75) is 39.2 Å². The van der Waals surface area contributed by atoms with E-state index in [9.17, 15) is 9.59 Å². The smallest absolute Gasteiger partial charge is 0.307 e. The van der Waals surface area contributed by atoms with Gasteiger partial charge in [-0.1, -0.05) is 12.1 Å². The fourth-order valence-electron chi connectivity index (χ4n) is 3.28. The molecule has 1 heterocycles. The number of hydrogen-bond acceptors (Lipinski definition) is 5. The van der Waals surface area contributed by atoms with Gasteiger partial charge in [-0.3, -0.25) is 14.6 Å². The molecule has 2 aromatic rings. The molecule has 6 nitrogen and oxygen atoms in total. The van der Waals surface area contributed by atoms with E-state index in [0.717, 1.165) is 35.2 Å². The van der Waals surface area contributed by atoms with Crippen LogP contribution in [0.25, 0.3) is 11.3 Å². The Morgan fingerprint density at radius 2 is 2.07 bits per heavy atom. The molecule has 0 spiro atoms. The lowest BCUT2D eigenvalue weighted by atomic mass is 10.00. The van der Waals surface area contributed by atoms with Crippen molar-refractivity contribution in [3.05, 3.63) is 47.2 Å². The molecule has 0 radical (unpaired) electrons. The first-order valence-corrected chi connectivity index (χ1v) is 9.56. The zero-order chi connectivity index (χ0) is 20.1. The number of carbonyl (C=O) groups excluding carboxylic acids is 1. The van der Waals surface area contributed by atoms with E-state index in [1.54, 1.807) is 25.4 Å². The third kappa shape index (κ3) is 5.16. The van der Waals surface area contributed by atoms with Crippen LogP contribution in [0.1, 0.15) is 36.0 Å². The number of ether oxygens (including phenoxy) is 1. The van der Waals surface area contributed by atoms with E-state index in [-0.39, 0.29) is 6.42 Å². The number of aryl methyl sites for hydroxylation is 1. The van der Waals surface area contributed by atoms with Crippen molar-refractivity contribution in [1.82, 2.24) is 10.3 Å². The highest BCUT2D eigenvalue weighted by molar-refractivity contribution is 5.83. The van der Waals surface area contributed by atoms with E-state index in [0.29, 0.717) is 42.5 Å². The Labute approximate surface area is 164 Å². The van der Waals surface area contributed by atoms with Gasteiger partial charge in [0.15, 0.2) is 0 Å². The summed E-state index contributed by atoms with van der Waals surface area (Å²) < 4.78 is 5.48. The van der Waals surface area contributed by atoms with Gasteiger partial charge in [-0.15, -0.1) is 0 Å². The summed E-state index contributed by atoms with van der Waals surface area (Å²) in [5, 5.41) is 12.4. The van der Waals surface area contributed by atoms with Crippen molar-refractivity contribution >= 4 is 11.8 Å². The number of ketones is 1. The van der Waals surface area contributed by atoms with E-state index in [1.807, 2.05) is 13.0 Å². The number of aliphatic carboxylic acids is 1. The molecule has 1 aromatic carbocycles.